The third-order valence-electron chi connectivity index (χ3n) is 4.71. The largest absolute Gasteiger partial charge is 0.482 e. The summed E-state index contributed by atoms with van der Waals surface area (Å²) in [6.07, 6.45) is 0.734. The van der Waals surface area contributed by atoms with Crippen molar-refractivity contribution in [2.24, 2.45) is 0 Å². The molecule has 2 aromatic carbocycles. The molecule has 1 heterocycles. The molecule has 2 aromatic rings. The van der Waals surface area contributed by atoms with E-state index in [9.17, 15) is 18.8 Å². The predicted octanol–water partition coefficient (Wildman–Crippen LogP) is 3.77. The first kappa shape index (κ1) is 23.5. The molecular weight excluding hydrogens is 439 g/mol. The van der Waals surface area contributed by atoms with Crippen LogP contribution in [-0.2, 0) is 9.59 Å². The van der Waals surface area contributed by atoms with Crippen molar-refractivity contribution in [1.29, 1.82) is 0 Å². The molecule has 7 nitrogen and oxygen atoms in total. The fourth-order valence-corrected chi connectivity index (χ4v) is 3.39. The zero-order valence-electron chi connectivity index (χ0n) is 17.8. The van der Waals surface area contributed by atoms with Gasteiger partial charge < -0.3 is 19.7 Å². The molecule has 0 aromatic heterocycles. The van der Waals surface area contributed by atoms with Gasteiger partial charge in [-0.1, -0.05) is 11.6 Å². The van der Waals surface area contributed by atoms with Gasteiger partial charge in [-0.15, -0.1) is 0 Å². The Kier molecular flexibility index (Phi) is 7.69. The topological polar surface area (TPSA) is 84.9 Å². The van der Waals surface area contributed by atoms with Gasteiger partial charge in [0.2, 0.25) is 5.91 Å². The molecule has 9 heteroatoms. The lowest BCUT2D eigenvalue weighted by molar-refractivity contribution is -0.123. The van der Waals surface area contributed by atoms with Gasteiger partial charge in [-0.25, -0.2) is 4.39 Å². The molecule has 0 unspecified atom stereocenters. The normalized spacial score (nSPS) is 12.9. The van der Waals surface area contributed by atoms with Crippen molar-refractivity contribution in [2.45, 2.75) is 32.7 Å². The summed E-state index contributed by atoms with van der Waals surface area (Å²) >= 11 is 5.72. The fraction of sp³-hybridized carbons (Fsp3) is 0.348. The second-order valence-corrected chi connectivity index (χ2v) is 8.07. The number of nitrogens with one attached hydrogen (secondary N) is 1. The van der Waals surface area contributed by atoms with Crippen LogP contribution in [0.4, 0.5) is 10.1 Å². The zero-order chi connectivity index (χ0) is 23.3. The van der Waals surface area contributed by atoms with Crippen LogP contribution < -0.4 is 19.7 Å². The first-order chi connectivity index (χ1) is 15.2. The van der Waals surface area contributed by atoms with E-state index in [4.69, 9.17) is 21.1 Å². The number of ketones is 1. The van der Waals surface area contributed by atoms with Crippen LogP contribution in [0.1, 0.15) is 37.0 Å². The minimum Gasteiger partial charge on any atom is -0.482 e. The number of anilines is 1. The van der Waals surface area contributed by atoms with E-state index in [1.54, 1.807) is 18.2 Å². The lowest BCUT2D eigenvalue weighted by Crippen LogP contribution is -2.40. The molecule has 1 N–H and O–H groups in total. The van der Waals surface area contributed by atoms with Gasteiger partial charge in [0.15, 0.2) is 30.6 Å². The first-order valence-corrected chi connectivity index (χ1v) is 10.6. The molecule has 3 rings (SSSR count). The highest BCUT2D eigenvalue weighted by Gasteiger charge is 2.26. The van der Waals surface area contributed by atoms with Crippen molar-refractivity contribution in [3.8, 4) is 11.5 Å². The molecule has 0 bridgehead atoms. The van der Waals surface area contributed by atoms with E-state index in [1.165, 1.54) is 17.0 Å². The van der Waals surface area contributed by atoms with E-state index in [-0.39, 0.29) is 48.3 Å². The van der Waals surface area contributed by atoms with Crippen molar-refractivity contribution in [2.75, 3.05) is 24.7 Å². The summed E-state index contributed by atoms with van der Waals surface area (Å²) in [5.74, 6) is -1.01. The number of benzene rings is 2. The number of fused-ring (bicyclic) bond motifs is 1. The summed E-state index contributed by atoms with van der Waals surface area (Å²) in [4.78, 5) is 38.4. The fourth-order valence-electron chi connectivity index (χ4n) is 3.23. The molecule has 0 saturated heterocycles. The number of amides is 2. The lowest BCUT2D eigenvalue weighted by atomic mass is 10.1. The Bertz CT molecular complexity index is 1030. The number of carbonyl (C=O) groups is 3. The van der Waals surface area contributed by atoms with Crippen LogP contribution in [0.5, 0.6) is 11.5 Å². The third kappa shape index (κ3) is 5.97. The molecule has 1 aliphatic rings. The van der Waals surface area contributed by atoms with E-state index in [2.05, 4.69) is 5.32 Å². The van der Waals surface area contributed by atoms with Crippen LogP contribution in [0.15, 0.2) is 36.4 Å². The second-order valence-electron chi connectivity index (χ2n) is 7.63. The SMILES string of the molecule is CC(C)NC(=O)CCCN1C(=O)COc2ccc(C(=O)COc3ccc(Cl)cc3F)cc21. The molecule has 2 amide bonds. The zero-order valence-corrected chi connectivity index (χ0v) is 18.6. The van der Waals surface area contributed by atoms with Crippen LogP contribution in [0, 0.1) is 5.82 Å². The number of rotatable bonds is 9. The number of hydrogen-bond acceptors (Lipinski definition) is 5. The standard InChI is InChI=1S/C23H24ClFN2O5/c1-14(2)26-22(29)4-3-9-27-18-10-15(5-7-21(18)32-13-23(27)30)19(28)12-31-20-8-6-16(24)11-17(20)25/h5-8,10-11,14H,3-4,9,12-13H2,1-2H3,(H,26,29). The number of carbonyl (C=O) groups excluding carboxylic acids is 3. The Labute approximate surface area is 190 Å². The van der Waals surface area contributed by atoms with Gasteiger partial charge in [0, 0.05) is 29.6 Å². The Hall–Kier alpha value is -3.13. The summed E-state index contributed by atoms with van der Waals surface area (Å²) in [6.45, 7) is 3.57. The van der Waals surface area contributed by atoms with Gasteiger partial charge in [-0.3, -0.25) is 14.4 Å². The van der Waals surface area contributed by atoms with E-state index in [0.29, 0.717) is 30.0 Å². The van der Waals surface area contributed by atoms with Gasteiger partial charge in [-0.2, -0.15) is 0 Å². The van der Waals surface area contributed by atoms with Gasteiger partial charge in [0.25, 0.3) is 5.91 Å². The number of Topliss-reactive ketones (excluding diaryl/α,β-unsaturated/α-hetero) is 1. The molecular formula is C23H24ClFN2O5. The van der Waals surface area contributed by atoms with Crippen molar-refractivity contribution in [3.05, 3.63) is 52.8 Å². The Morgan fingerprint density at radius 1 is 1.25 bits per heavy atom. The molecule has 32 heavy (non-hydrogen) atoms. The van der Waals surface area contributed by atoms with Gasteiger partial charge >= 0.3 is 0 Å². The van der Waals surface area contributed by atoms with Crippen LogP contribution in [0.3, 0.4) is 0 Å². The molecule has 0 aliphatic carbocycles. The summed E-state index contributed by atoms with van der Waals surface area (Å²) in [5, 5.41) is 3.03. The molecule has 0 radical (unpaired) electrons. The molecule has 0 atom stereocenters. The van der Waals surface area contributed by atoms with Crippen molar-refractivity contribution in [1.82, 2.24) is 5.32 Å². The minimum absolute atomic E-state index is 0.0466. The van der Waals surface area contributed by atoms with Crippen molar-refractivity contribution in [3.63, 3.8) is 0 Å². The Morgan fingerprint density at radius 3 is 2.75 bits per heavy atom. The van der Waals surface area contributed by atoms with Crippen LogP contribution in [0.2, 0.25) is 5.02 Å². The van der Waals surface area contributed by atoms with Gasteiger partial charge in [0.1, 0.15) is 5.75 Å². The van der Waals surface area contributed by atoms with Crippen LogP contribution in [0.25, 0.3) is 0 Å². The highest BCUT2D eigenvalue weighted by atomic mass is 35.5. The molecule has 0 fully saturated rings. The van der Waals surface area contributed by atoms with Crippen molar-refractivity contribution < 1.29 is 28.2 Å². The highest BCUT2D eigenvalue weighted by molar-refractivity contribution is 6.30. The number of nitrogens with zero attached hydrogens (tertiary/aromatic N) is 1. The number of ether oxygens (including phenoxy) is 2. The average molecular weight is 463 g/mol. The van der Waals surface area contributed by atoms with E-state index in [0.717, 1.165) is 6.07 Å². The monoisotopic (exact) mass is 462 g/mol. The Balaban J connectivity index is 1.68. The van der Waals surface area contributed by atoms with Crippen molar-refractivity contribution >= 4 is 34.9 Å². The smallest absolute Gasteiger partial charge is 0.265 e. The third-order valence-corrected chi connectivity index (χ3v) is 4.95. The Morgan fingerprint density at radius 2 is 2.03 bits per heavy atom. The number of halogens is 2. The summed E-state index contributed by atoms with van der Waals surface area (Å²) < 4.78 is 24.6. The van der Waals surface area contributed by atoms with Crippen LogP contribution >= 0.6 is 11.6 Å². The molecule has 1 aliphatic heterocycles. The molecule has 170 valence electrons. The molecule has 0 spiro atoms. The van der Waals surface area contributed by atoms with E-state index >= 15 is 0 Å². The maximum absolute atomic E-state index is 13.9. The minimum atomic E-state index is -0.664. The van der Waals surface area contributed by atoms with Gasteiger partial charge in [-0.05, 0) is 56.7 Å². The summed E-state index contributed by atoms with van der Waals surface area (Å²) in [7, 11) is 0. The van der Waals surface area contributed by atoms with E-state index < -0.39 is 11.6 Å². The van der Waals surface area contributed by atoms with E-state index in [1.807, 2.05) is 13.8 Å². The van der Waals surface area contributed by atoms with Gasteiger partial charge in [0.05, 0.1) is 5.69 Å². The number of hydrogen-bond donors (Lipinski definition) is 1. The highest BCUT2D eigenvalue weighted by Crippen LogP contribution is 2.33. The predicted molar refractivity (Wildman–Crippen MR) is 118 cm³/mol. The first-order valence-electron chi connectivity index (χ1n) is 10.2. The average Bonchev–Trinajstić information content (AvgIpc) is 2.73. The summed E-state index contributed by atoms with van der Waals surface area (Å²) in [5.41, 5.74) is 0.744. The quantitative estimate of drug-likeness (QED) is 0.573. The maximum atomic E-state index is 13.9. The molecule has 0 saturated carbocycles. The van der Waals surface area contributed by atoms with Crippen LogP contribution in [-0.4, -0.2) is 43.4 Å². The second kappa shape index (κ2) is 10.5. The summed E-state index contributed by atoms with van der Waals surface area (Å²) in [6, 6.07) is 8.67. The maximum Gasteiger partial charge on any atom is 0.265 e. The lowest BCUT2D eigenvalue weighted by Gasteiger charge is -2.29.